The summed E-state index contributed by atoms with van der Waals surface area (Å²) < 4.78 is 7.47. The third kappa shape index (κ3) is 4.26. The molecular formula is C21H26N2O5. The van der Waals surface area contributed by atoms with E-state index in [2.05, 4.69) is 4.98 Å². The molecule has 0 radical (unpaired) electrons. The lowest BCUT2D eigenvalue weighted by atomic mass is 10.1. The maximum absolute atomic E-state index is 12.6. The maximum Gasteiger partial charge on any atom is 0.331 e. The standard InChI is InChI=1S/C21H26N2O5/c1-4-17-18(24)22-21(27)23(11-14-5-6-15(10-14)20(25)26)19(17)28-16-8-12(2)7-13(3)9-16/h7-10,15,20,25-26H,4-6,11H2,1-3H3,(H,22,24,27). The monoisotopic (exact) mass is 386 g/mol. The first-order chi connectivity index (χ1) is 13.3. The van der Waals surface area contributed by atoms with E-state index in [1.54, 1.807) is 6.08 Å². The van der Waals surface area contributed by atoms with Gasteiger partial charge >= 0.3 is 5.69 Å². The summed E-state index contributed by atoms with van der Waals surface area (Å²) in [5.41, 5.74) is 2.34. The Balaban J connectivity index is 2.05. The van der Waals surface area contributed by atoms with Gasteiger partial charge in [0.05, 0.1) is 12.1 Å². The fraction of sp³-hybridized carbons (Fsp3) is 0.429. The van der Waals surface area contributed by atoms with Crippen LogP contribution in [0.25, 0.3) is 0 Å². The molecule has 3 N–H and O–H groups in total. The predicted octanol–water partition coefficient (Wildman–Crippen LogP) is 2.16. The van der Waals surface area contributed by atoms with Gasteiger partial charge in [0, 0.05) is 5.92 Å². The fourth-order valence-electron chi connectivity index (χ4n) is 3.66. The van der Waals surface area contributed by atoms with Crippen molar-refractivity contribution in [2.75, 3.05) is 0 Å². The average Bonchev–Trinajstić information content (AvgIpc) is 3.06. The van der Waals surface area contributed by atoms with Crippen molar-refractivity contribution < 1.29 is 14.9 Å². The second-order valence-corrected chi connectivity index (χ2v) is 7.35. The number of aromatic nitrogens is 2. The van der Waals surface area contributed by atoms with Crippen LogP contribution in [0.5, 0.6) is 11.6 Å². The van der Waals surface area contributed by atoms with Crippen molar-refractivity contribution in [3.63, 3.8) is 0 Å². The molecule has 1 aliphatic carbocycles. The van der Waals surface area contributed by atoms with Gasteiger partial charge in [-0.2, -0.15) is 0 Å². The molecule has 0 saturated carbocycles. The Kier molecular flexibility index (Phi) is 5.86. The summed E-state index contributed by atoms with van der Waals surface area (Å²) in [5, 5.41) is 18.8. The normalized spacial score (nSPS) is 16.5. The molecule has 1 aliphatic rings. The summed E-state index contributed by atoms with van der Waals surface area (Å²) in [7, 11) is 0. The van der Waals surface area contributed by atoms with Gasteiger partial charge in [-0.3, -0.25) is 14.3 Å². The summed E-state index contributed by atoms with van der Waals surface area (Å²) in [4.78, 5) is 27.2. The van der Waals surface area contributed by atoms with Crippen LogP contribution in [-0.2, 0) is 13.0 Å². The van der Waals surface area contributed by atoms with E-state index in [1.807, 2.05) is 39.0 Å². The lowest BCUT2D eigenvalue weighted by molar-refractivity contribution is -0.0696. The molecule has 0 aliphatic heterocycles. The topological polar surface area (TPSA) is 105 Å². The van der Waals surface area contributed by atoms with E-state index in [0.717, 1.165) is 16.7 Å². The number of rotatable bonds is 6. The summed E-state index contributed by atoms with van der Waals surface area (Å²) in [6, 6.07) is 5.73. The van der Waals surface area contributed by atoms with Crippen molar-refractivity contribution in [1.29, 1.82) is 0 Å². The highest BCUT2D eigenvalue weighted by molar-refractivity contribution is 5.37. The molecule has 7 heteroatoms. The molecule has 3 rings (SSSR count). The minimum atomic E-state index is -1.41. The van der Waals surface area contributed by atoms with Gasteiger partial charge in [-0.1, -0.05) is 24.6 Å². The van der Waals surface area contributed by atoms with Crippen molar-refractivity contribution in [1.82, 2.24) is 9.55 Å². The smallest absolute Gasteiger partial charge is 0.331 e. The van der Waals surface area contributed by atoms with Crippen LogP contribution in [0, 0.1) is 19.8 Å². The first-order valence-corrected chi connectivity index (χ1v) is 9.46. The number of benzene rings is 1. The molecular weight excluding hydrogens is 360 g/mol. The Bertz CT molecular complexity index is 996. The molecule has 1 aromatic carbocycles. The van der Waals surface area contributed by atoms with Gasteiger partial charge in [0.15, 0.2) is 6.29 Å². The van der Waals surface area contributed by atoms with Crippen LogP contribution in [0.1, 0.15) is 36.5 Å². The third-order valence-corrected chi connectivity index (χ3v) is 5.00. The molecule has 7 nitrogen and oxygen atoms in total. The zero-order valence-corrected chi connectivity index (χ0v) is 16.4. The van der Waals surface area contributed by atoms with Gasteiger partial charge in [-0.15, -0.1) is 0 Å². The summed E-state index contributed by atoms with van der Waals surface area (Å²) in [6.07, 6.45) is 2.04. The number of allylic oxidation sites excluding steroid dienone is 1. The van der Waals surface area contributed by atoms with Crippen LogP contribution in [-0.4, -0.2) is 26.1 Å². The largest absolute Gasteiger partial charge is 0.440 e. The molecule has 2 aromatic rings. The van der Waals surface area contributed by atoms with Crippen molar-refractivity contribution >= 4 is 0 Å². The van der Waals surface area contributed by atoms with Crippen LogP contribution in [0.2, 0.25) is 0 Å². The lowest BCUT2D eigenvalue weighted by Crippen LogP contribution is -2.33. The highest BCUT2D eigenvalue weighted by Gasteiger charge is 2.23. The van der Waals surface area contributed by atoms with Gasteiger partial charge in [0.25, 0.3) is 5.56 Å². The van der Waals surface area contributed by atoms with Crippen molar-refractivity contribution in [3.05, 3.63) is 67.4 Å². The SMILES string of the molecule is CCc1c(Oc2cc(C)cc(C)c2)n(CC2=CC(C(O)O)CC2)c(=O)[nH]c1=O. The number of aryl methyl sites for hydroxylation is 2. The van der Waals surface area contributed by atoms with Crippen LogP contribution in [0.15, 0.2) is 39.4 Å². The Morgan fingerprint density at radius 3 is 2.46 bits per heavy atom. The van der Waals surface area contributed by atoms with E-state index in [1.165, 1.54) is 4.57 Å². The third-order valence-electron chi connectivity index (χ3n) is 5.00. The molecule has 0 bridgehead atoms. The second-order valence-electron chi connectivity index (χ2n) is 7.35. The molecule has 0 fully saturated rings. The average molecular weight is 386 g/mol. The fourth-order valence-corrected chi connectivity index (χ4v) is 3.66. The highest BCUT2D eigenvalue weighted by atomic mass is 16.5. The Labute approximate surface area is 162 Å². The van der Waals surface area contributed by atoms with E-state index in [-0.39, 0.29) is 18.3 Å². The summed E-state index contributed by atoms with van der Waals surface area (Å²) in [6.45, 7) is 5.97. The van der Waals surface area contributed by atoms with Gasteiger partial charge in [-0.05, 0) is 56.4 Å². The lowest BCUT2D eigenvalue weighted by Gasteiger charge is -2.17. The van der Waals surface area contributed by atoms with Gasteiger partial charge < -0.3 is 14.9 Å². The number of hydrogen-bond acceptors (Lipinski definition) is 5. The van der Waals surface area contributed by atoms with Gasteiger partial charge in [0.2, 0.25) is 5.88 Å². The first-order valence-electron chi connectivity index (χ1n) is 9.46. The number of aliphatic hydroxyl groups is 2. The predicted molar refractivity (Wildman–Crippen MR) is 106 cm³/mol. The van der Waals surface area contributed by atoms with E-state index >= 15 is 0 Å². The van der Waals surface area contributed by atoms with E-state index in [0.29, 0.717) is 30.6 Å². The molecule has 28 heavy (non-hydrogen) atoms. The number of ether oxygens (including phenoxy) is 1. The molecule has 0 spiro atoms. The molecule has 150 valence electrons. The molecule has 1 aromatic heterocycles. The minimum absolute atomic E-state index is 0.228. The second kappa shape index (κ2) is 8.16. The zero-order chi connectivity index (χ0) is 20.4. The maximum atomic E-state index is 12.6. The molecule has 0 amide bonds. The highest BCUT2D eigenvalue weighted by Crippen LogP contribution is 2.30. The number of nitrogens with zero attached hydrogens (tertiary/aromatic N) is 1. The number of nitrogens with one attached hydrogen (secondary N) is 1. The number of aromatic amines is 1. The quantitative estimate of drug-likeness (QED) is 0.521. The Morgan fingerprint density at radius 2 is 1.89 bits per heavy atom. The first kappa shape index (κ1) is 20.1. The van der Waals surface area contributed by atoms with Crippen molar-refractivity contribution in [3.8, 4) is 11.6 Å². The summed E-state index contributed by atoms with van der Waals surface area (Å²) >= 11 is 0. The molecule has 0 saturated heterocycles. The van der Waals surface area contributed by atoms with Crippen LogP contribution in [0.4, 0.5) is 0 Å². The van der Waals surface area contributed by atoms with Crippen molar-refractivity contribution in [2.24, 2.45) is 5.92 Å². The van der Waals surface area contributed by atoms with E-state index in [4.69, 9.17) is 4.74 Å². The van der Waals surface area contributed by atoms with E-state index < -0.39 is 17.5 Å². The van der Waals surface area contributed by atoms with Gasteiger partial charge in [-0.25, -0.2) is 4.79 Å². The van der Waals surface area contributed by atoms with Crippen molar-refractivity contribution in [2.45, 2.75) is 52.9 Å². The number of H-pyrrole nitrogens is 1. The minimum Gasteiger partial charge on any atom is -0.440 e. The van der Waals surface area contributed by atoms with Crippen LogP contribution < -0.4 is 16.0 Å². The van der Waals surface area contributed by atoms with Crippen LogP contribution in [0.3, 0.4) is 0 Å². The molecule has 1 heterocycles. The number of aliphatic hydroxyl groups excluding tert-OH is 1. The molecule has 1 unspecified atom stereocenters. The molecule has 1 atom stereocenters. The number of hydrogen-bond donors (Lipinski definition) is 3. The zero-order valence-electron chi connectivity index (χ0n) is 16.4. The summed E-state index contributed by atoms with van der Waals surface area (Å²) in [5.74, 6) is 0.452. The van der Waals surface area contributed by atoms with Crippen LogP contribution >= 0.6 is 0 Å². The van der Waals surface area contributed by atoms with E-state index in [9.17, 15) is 19.8 Å². The Morgan fingerprint density at radius 1 is 1.21 bits per heavy atom. The van der Waals surface area contributed by atoms with Gasteiger partial charge in [0.1, 0.15) is 5.75 Å². The Hall–Kier alpha value is -2.64.